The van der Waals surface area contributed by atoms with Gasteiger partial charge in [0.15, 0.2) is 0 Å². The largest absolute Gasteiger partial charge is 0.342 e. The van der Waals surface area contributed by atoms with Crippen LogP contribution in [0.4, 0.5) is 0 Å². The van der Waals surface area contributed by atoms with Crippen LogP contribution in [0.15, 0.2) is 18.2 Å². The second-order valence-electron chi connectivity index (χ2n) is 4.61. The van der Waals surface area contributed by atoms with Gasteiger partial charge in [-0.2, -0.15) is 0 Å². The van der Waals surface area contributed by atoms with Gasteiger partial charge >= 0.3 is 0 Å². The first kappa shape index (κ1) is 13.7. The molecule has 2 N–H and O–H groups in total. The van der Waals surface area contributed by atoms with Crippen molar-refractivity contribution in [3.63, 3.8) is 0 Å². The molecule has 0 bridgehead atoms. The SMILES string of the molecule is NC[C@@H]1CCN(C(=O)Cc2c(Cl)cccc2Cl)C1. The Morgan fingerprint density at radius 3 is 2.61 bits per heavy atom. The van der Waals surface area contributed by atoms with Gasteiger partial charge in [0.05, 0.1) is 6.42 Å². The van der Waals surface area contributed by atoms with Gasteiger partial charge in [-0.1, -0.05) is 29.3 Å². The Morgan fingerprint density at radius 2 is 2.06 bits per heavy atom. The summed E-state index contributed by atoms with van der Waals surface area (Å²) in [5, 5.41) is 1.09. The van der Waals surface area contributed by atoms with Crippen molar-refractivity contribution in [3.8, 4) is 0 Å². The van der Waals surface area contributed by atoms with Crippen LogP contribution in [0.2, 0.25) is 10.0 Å². The molecule has 2 rings (SSSR count). The van der Waals surface area contributed by atoms with Crippen LogP contribution in [0.1, 0.15) is 12.0 Å². The van der Waals surface area contributed by atoms with E-state index in [1.807, 2.05) is 4.90 Å². The van der Waals surface area contributed by atoms with Crippen LogP contribution in [0.25, 0.3) is 0 Å². The van der Waals surface area contributed by atoms with Gasteiger partial charge in [-0.15, -0.1) is 0 Å². The van der Waals surface area contributed by atoms with E-state index in [4.69, 9.17) is 28.9 Å². The molecule has 0 spiro atoms. The maximum Gasteiger partial charge on any atom is 0.227 e. The molecule has 1 aromatic carbocycles. The predicted molar refractivity (Wildman–Crippen MR) is 73.9 cm³/mol. The Balaban J connectivity index is 2.04. The number of rotatable bonds is 3. The normalized spacial score (nSPS) is 19.3. The van der Waals surface area contributed by atoms with E-state index < -0.39 is 0 Å². The molecule has 18 heavy (non-hydrogen) atoms. The first-order valence-corrected chi connectivity index (χ1v) is 6.78. The lowest BCUT2D eigenvalue weighted by Crippen LogP contribution is -2.31. The van der Waals surface area contributed by atoms with Gasteiger partial charge in [-0.3, -0.25) is 4.79 Å². The van der Waals surface area contributed by atoms with Crippen LogP contribution in [0, 0.1) is 5.92 Å². The minimum Gasteiger partial charge on any atom is -0.342 e. The first-order valence-electron chi connectivity index (χ1n) is 6.02. The molecule has 1 aromatic rings. The van der Waals surface area contributed by atoms with Crippen molar-refractivity contribution in [2.75, 3.05) is 19.6 Å². The lowest BCUT2D eigenvalue weighted by Gasteiger charge is -2.17. The molecule has 0 aromatic heterocycles. The summed E-state index contributed by atoms with van der Waals surface area (Å²) in [6.45, 7) is 2.16. The van der Waals surface area contributed by atoms with Crippen molar-refractivity contribution < 1.29 is 4.79 Å². The molecule has 98 valence electrons. The number of likely N-dealkylation sites (tertiary alicyclic amines) is 1. The van der Waals surface area contributed by atoms with Crippen molar-refractivity contribution in [2.45, 2.75) is 12.8 Å². The Morgan fingerprint density at radius 1 is 1.39 bits per heavy atom. The lowest BCUT2D eigenvalue weighted by atomic mass is 10.1. The van der Waals surface area contributed by atoms with Crippen molar-refractivity contribution in [2.24, 2.45) is 11.7 Å². The molecule has 1 saturated heterocycles. The summed E-state index contributed by atoms with van der Waals surface area (Å²) in [7, 11) is 0. The molecule has 1 aliphatic rings. The van der Waals surface area contributed by atoms with Gasteiger partial charge in [0, 0.05) is 23.1 Å². The predicted octanol–water partition coefficient (Wildman–Crippen LogP) is 2.34. The molecule has 0 saturated carbocycles. The highest BCUT2D eigenvalue weighted by Crippen LogP contribution is 2.26. The third-order valence-corrected chi connectivity index (χ3v) is 4.07. The monoisotopic (exact) mass is 286 g/mol. The average molecular weight is 287 g/mol. The number of nitrogens with two attached hydrogens (primary N) is 1. The summed E-state index contributed by atoms with van der Waals surface area (Å²) in [6, 6.07) is 5.28. The number of halogens is 2. The van der Waals surface area contributed by atoms with E-state index in [1.165, 1.54) is 0 Å². The highest BCUT2D eigenvalue weighted by Gasteiger charge is 2.25. The van der Waals surface area contributed by atoms with Crippen molar-refractivity contribution in [3.05, 3.63) is 33.8 Å². The van der Waals surface area contributed by atoms with E-state index in [-0.39, 0.29) is 12.3 Å². The fourth-order valence-corrected chi connectivity index (χ4v) is 2.75. The van der Waals surface area contributed by atoms with E-state index in [0.717, 1.165) is 19.5 Å². The van der Waals surface area contributed by atoms with Crippen LogP contribution < -0.4 is 5.73 Å². The fraction of sp³-hybridized carbons (Fsp3) is 0.462. The molecular weight excluding hydrogens is 271 g/mol. The van der Waals surface area contributed by atoms with Gasteiger partial charge in [-0.05, 0) is 36.6 Å². The number of benzene rings is 1. The van der Waals surface area contributed by atoms with Crippen molar-refractivity contribution in [1.29, 1.82) is 0 Å². The summed E-state index contributed by atoms with van der Waals surface area (Å²) in [6.07, 6.45) is 1.24. The van der Waals surface area contributed by atoms with Gasteiger partial charge in [-0.25, -0.2) is 0 Å². The lowest BCUT2D eigenvalue weighted by molar-refractivity contribution is -0.129. The second kappa shape index (κ2) is 5.91. The standard InChI is InChI=1S/C13H16Cl2N2O/c14-11-2-1-3-12(15)10(11)6-13(18)17-5-4-9(7-16)8-17/h1-3,9H,4-8,16H2/t9-/m0/s1. The van der Waals surface area contributed by atoms with Crippen LogP contribution >= 0.6 is 23.2 Å². The van der Waals surface area contributed by atoms with Gasteiger partial charge < -0.3 is 10.6 Å². The third kappa shape index (κ3) is 2.97. The molecule has 3 nitrogen and oxygen atoms in total. The fourth-order valence-electron chi connectivity index (χ4n) is 2.22. The van der Waals surface area contributed by atoms with E-state index in [0.29, 0.717) is 28.1 Å². The minimum atomic E-state index is 0.0703. The van der Waals surface area contributed by atoms with E-state index in [9.17, 15) is 4.79 Å². The molecule has 1 atom stereocenters. The van der Waals surface area contributed by atoms with Crippen LogP contribution in [0.3, 0.4) is 0 Å². The third-order valence-electron chi connectivity index (χ3n) is 3.36. The molecule has 1 fully saturated rings. The molecule has 0 aliphatic carbocycles. The molecule has 1 aliphatic heterocycles. The second-order valence-corrected chi connectivity index (χ2v) is 5.42. The average Bonchev–Trinajstić information content (AvgIpc) is 2.82. The molecule has 5 heteroatoms. The Bertz CT molecular complexity index is 430. The van der Waals surface area contributed by atoms with E-state index in [1.54, 1.807) is 18.2 Å². The van der Waals surface area contributed by atoms with Gasteiger partial charge in [0.2, 0.25) is 5.91 Å². The summed E-state index contributed by atoms with van der Waals surface area (Å²) in [5.41, 5.74) is 6.33. The van der Waals surface area contributed by atoms with Crippen LogP contribution in [-0.2, 0) is 11.2 Å². The summed E-state index contributed by atoms with van der Waals surface area (Å²) in [5.74, 6) is 0.497. The summed E-state index contributed by atoms with van der Waals surface area (Å²) in [4.78, 5) is 14.0. The highest BCUT2D eigenvalue weighted by atomic mass is 35.5. The zero-order chi connectivity index (χ0) is 13.1. The summed E-state index contributed by atoms with van der Waals surface area (Å²) >= 11 is 12.1. The van der Waals surface area contributed by atoms with Crippen LogP contribution in [-0.4, -0.2) is 30.4 Å². The highest BCUT2D eigenvalue weighted by molar-refractivity contribution is 6.36. The number of carbonyl (C=O) groups excluding carboxylic acids is 1. The number of hydrogen-bond donors (Lipinski definition) is 1. The van der Waals surface area contributed by atoms with Gasteiger partial charge in [0.1, 0.15) is 0 Å². The van der Waals surface area contributed by atoms with E-state index in [2.05, 4.69) is 0 Å². The van der Waals surface area contributed by atoms with Crippen LogP contribution in [0.5, 0.6) is 0 Å². The minimum absolute atomic E-state index is 0.0703. The zero-order valence-electron chi connectivity index (χ0n) is 10.0. The molecule has 1 heterocycles. The molecule has 0 radical (unpaired) electrons. The zero-order valence-corrected chi connectivity index (χ0v) is 11.5. The molecule has 0 unspecified atom stereocenters. The Labute approximate surface area is 117 Å². The Hall–Kier alpha value is -0.770. The quantitative estimate of drug-likeness (QED) is 0.927. The molecular formula is C13H16Cl2N2O. The number of carbonyl (C=O) groups is 1. The number of hydrogen-bond acceptors (Lipinski definition) is 2. The van der Waals surface area contributed by atoms with Gasteiger partial charge in [0.25, 0.3) is 0 Å². The van der Waals surface area contributed by atoms with Crippen molar-refractivity contribution in [1.82, 2.24) is 4.90 Å². The first-order chi connectivity index (χ1) is 8.61. The van der Waals surface area contributed by atoms with E-state index >= 15 is 0 Å². The van der Waals surface area contributed by atoms with Crippen molar-refractivity contribution >= 4 is 29.1 Å². The molecule has 1 amide bonds. The summed E-state index contributed by atoms with van der Waals surface area (Å²) < 4.78 is 0. The Kier molecular flexibility index (Phi) is 4.49. The maximum atomic E-state index is 12.1. The number of amides is 1. The maximum absolute atomic E-state index is 12.1. The smallest absolute Gasteiger partial charge is 0.227 e. The number of nitrogens with zero attached hydrogens (tertiary/aromatic N) is 1. The topological polar surface area (TPSA) is 46.3 Å².